The number of ether oxygens (including phenoxy) is 1. The lowest BCUT2D eigenvalue weighted by atomic mass is 10.1. The van der Waals surface area contributed by atoms with Crippen LogP contribution in [0, 0.1) is 0 Å². The van der Waals surface area contributed by atoms with Gasteiger partial charge in [0.2, 0.25) is 0 Å². The Morgan fingerprint density at radius 3 is 3.21 bits per heavy atom. The maximum absolute atomic E-state index is 9.99. The predicted octanol–water partition coefficient (Wildman–Crippen LogP) is 1.30. The third-order valence-corrected chi connectivity index (χ3v) is 1.89. The Balaban J connectivity index is 2.36. The summed E-state index contributed by atoms with van der Waals surface area (Å²) in [5.41, 5.74) is 1.81. The van der Waals surface area contributed by atoms with E-state index in [1.165, 1.54) is 6.33 Å². The van der Waals surface area contributed by atoms with Crippen LogP contribution in [0.2, 0.25) is 0 Å². The largest absolute Gasteiger partial charge is 0.463 e. The zero-order chi connectivity index (χ0) is 9.80. The molecular weight excluding hydrogens is 180 g/mol. The van der Waals surface area contributed by atoms with Crippen molar-refractivity contribution in [1.29, 1.82) is 0 Å². The molecule has 0 bridgehead atoms. The van der Waals surface area contributed by atoms with Crippen molar-refractivity contribution in [3.63, 3.8) is 0 Å². The minimum absolute atomic E-state index is 0.286. The number of nitrogens with zero attached hydrogens (tertiary/aromatic N) is 2. The Labute approximate surface area is 80.6 Å². The number of hydrogen-bond acceptors (Lipinski definition) is 4. The topological polar surface area (TPSA) is 52.1 Å². The maximum atomic E-state index is 9.99. The lowest BCUT2D eigenvalue weighted by Gasteiger charge is -2.00. The molecule has 4 nitrogen and oxygen atoms in total. The van der Waals surface area contributed by atoms with E-state index in [0.29, 0.717) is 6.47 Å². The Bertz CT molecular complexity index is 457. The third kappa shape index (κ3) is 1.69. The molecule has 0 aliphatic rings. The molecule has 0 fully saturated rings. The van der Waals surface area contributed by atoms with Gasteiger partial charge < -0.3 is 4.74 Å². The van der Waals surface area contributed by atoms with Crippen molar-refractivity contribution in [2.75, 3.05) is 0 Å². The maximum Gasteiger partial charge on any atom is 0.293 e. The van der Waals surface area contributed by atoms with Gasteiger partial charge in [0.15, 0.2) is 0 Å². The highest BCUT2D eigenvalue weighted by molar-refractivity contribution is 5.77. The molecule has 2 rings (SSSR count). The second-order valence-corrected chi connectivity index (χ2v) is 2.82. The van der Waals surface area contributed by atoms with Crippen LogP contribution in [0.15, 0.2) is 30.7 Å². The minimum atomic E-state index is 0.286. The molecule has 1 aromatic carbocycles. The molecule has 0 amide bonds. The van der Waals surface area contributed by atoms with E-state index in [1.807, 2.05) is 18.2 Å². The highest BCUT2D eigenvalue weighted by atomic mass is 16.5. The van der Waals surface area contributed by atoms with Crippen LogP contribution < -0.4 is 0 Å². The second kappa shape index (κ2) is 3.83. The smallest absolute Gasteiger partial charge is 0.293 e. The Hall–Kier alpha value is -1.97. The second-order valence-electron chi connectivity index (χ2n) is 2.82. The molecule has 0 radical (unpaired) electrons. The van der Waals surface area contributed by atoms with E-state index in [1.54, 1.807) is 6.20 Å². The summed E-state index contributed by atoms with van der Waals surface area (Å²) in [5.74, 6) is 0. The first-order chi connectivity index (χ1) is 6.90. The molecule has 0 N–H and O–H groups in total. The number of rotatable bonds is 3. The number of benzene rings is 1. The van der Waals surface area contributed by atoms with Gasteiger partial charge in [-0.2, -0.15) is 0 Å². The SMILES string of the molecule is O=COCc1ccc2ncncc2c1. The van der Waals surface area contributed by atoms with Crippen molar-refractivity contribution in [1.82, 2.24) is 9.97 Å². The molecular formula is C10H8N2O2. The van der Waals surface area contributed by atoms with Crippen molar-refractivity contribution in [3.8, 4) is 0 Å². The zero-order valence-electron chi connectivity index (χ0n) is 7.38. The van der Waals surface area contributed by atoms with Gasteiger partial charge in [0.25, 0.3) is 6.47 Å². The van der Waals surface area contributed by atoms with Crippen LogP contribution in [0.3, 0.4) is 0 Å². The first-order valence-corrected chi connectivity index (χ1v) is 4.14. The summed E-state index contributed by atoms with van der Waals surface area (Å²) in [7, 11) is 0. The molecule has 14 heavy (non-hydrogen) atoms. The highest BCUT2D eigenvalue weighted by Gasteiger charge is 1.97. The van der Waals surface area contributed by atoms with Crippen LogP contribution in [0.5, 0.6) is 0 Å². The van der Waals surface area contributed by atoms with Crippen LogP contribution in [-0.4, -0.2) is 16.4 Å². The fraction of sp³-hybridized carbons (Fsp3) is 0.100. The van der Waals surface area contributed by atoms with E-state index in [9.17, 15) is 4.79 Å². The molecule has 70 valence electrons. The van der Waals surface area contributed by atoms with E-state index in [4.69, 9.17) is 0 Å². The zero-order valence-corrected chi connectivity index (χ0v) is 7.38. The van der Waals surface area contributed by atoms with Gasteiger partial charge in [-0.3, -0.25) is 4.79 Å². The predicted molar refractivity (Wildman–Crippen MR) is 50.4 cm³/mol. The average Bonchev–Trinajstić information content (AvgIpc) is 2.26. The monoisotopic (exact) mass is 188 g/mol. The van der Waals surface area contributed by atoms with Gasteiger partial charge in [-0.15, -0.1) is 0 Å². The molecule has 1 aromatic heterocycles. The van der Waals surface area contributed by atoms with Crippen molar-refractivity contribution in [3.05, 3.63) is 36.3 Å². The molecule has 0 saturated carbocycles. The lowest BCUT2D eigenvalue weighted by molar-refractivity contribution is -0.129. The molecule has 0 atom stereocenters. The number of carbonyl (C=O) groups is 1. The van der Waals surface area contributed by atoms with E-state index in [0.717, 1.165) is 16.5 Å². The van der Waals surface area contributed by atoms with Gasteiger partial charge in [0.1, 0.15) is 12.9 Å². The first-order valence-electron chi connectivity index (χ1n) is 4.14. The standard InChI is InChI=1S/C10H8N2O2/c13-7-14-5-8-1-2-10-9(3-8)4-11-6-12-10/h1-4,6-7H,5H2. The van der Waals surface area contributed by atoms with Crippen molar-refractivity contribution < 1.29 is 9.53 Å². The summed E-state index contributed by atoms with van der Waals surface area (Å²) >= 11 is 0. The molecule has 0 spiro atoms. The van der Waals surface area contributed by atoms with E-state index in [-0.39, 0.29) is 6.61 Å². The first kappa shape index (κ1) is 8.62. The van der Waals surface area contributed by atoms with Crippen LogP contribution in [-0.2, 0) is 16.1 Å². The normalized spacial score (nSPS) is 10.0. The minimum Gasteiger partial charge on any atom is -0.463 e. The molecule has 0 unspecified atom stereocenters. The van der Waals surface area contributed by atoms with Gasteiger partial charge in [-0.05, 0) is 17.7 Å². The molecule has 1 heterocycles. The number of carbonyl (C=O) groups excluding carboxylic acids is 1. The van der Waals surface area contributed by atoms with Gasteiger partial charge in [-0.25, -0.2) is 9.97 Å². The number of fused-ring (bicyclic) bond motifs is 1. The van der Waals surface area contributed by atoms with Crippen molar-refractivity contribution in [2.45, 2.75) is 6.61 Å². The summed E-state index contributed by atoms with van der Waals surface area (Å²) in [5, 5.41) is 0.944. The third-order valence-electron chi connectivity index (χ3n) is 1.89. The highest BCUT2D eigenvalue weighted by Crippen LogP contribution is 2.12. The van der Waals surface area contributed by atoms with Gasteiger partial charge in [0, 0.05) is 11.6 Å². The van der Waals surface area contributed by atoms with E-state index >= 15 is 0 Å². The molecule has 4 heteroatoms. The summed E-state index contributed by atoms with van der Waals surface area (Å²) in [6.07, 6.45) is 3.23. The molecule has 0 aliphatic heterocycles. The fourth-order valence-corrected chi connectivity index (χ4v) is 1.25. The Morgan fingerprint density at radius 1 is 1.43 bits per heavy atom. The van der Waals surface area contributed by atoms with Crippen molar-refractivity contribution >= 4 is 17.4 Å². The van der Waals surface area contributed by atoms with Crippen LogP contribution in [0.25, 0.3) is 10.9 Å². The van der Waals surface area contributed by atoms with Crippen LogP contribution in [0.4, 0.5) is 0 Å². The summed E-state index contributed by atoms with van der Waals surface area (Å²) in [6.45, 7) is 0.722. The fourth-order valence-electron chi connectivity index (χ4n) is 1.25. The Kier molecular flexibility index (Phi) is 2.36. The van der Waals surface area contributed by atoms with Crippen LogP contribution >= 0.6 is 0 Å². The van der Waals surface area contributed by atoms with E-state index < -0.39 is 0 Å². The van der Waals surface area contributed by atoms with Crippen LogP contribution in [0.1, 0.15) is 5.56 Å². The number of hydrogen-bond donors (Lipinski definition) is 0. The molecule has 0 aliphatic carbocycles. The Morgan fingerprint density at radius 2 is 2.36 bits per heavy atom. The van der Waals surface area contributed by atoms with Gasteiger partial charge >= 0.3 is 0 Å². The summed E-state index contributed by atoms with van der Waals surface area (Å²) in [6, 6.07) is 5.65. The average molecular weight is 188 g/mol. The lowest BCUT2D eigenvalue weighted by Crippen LogP contribution is -1.90. The van der Waals surface area contributed by atoms with Crippen molar-refractivity contribution in [2.24, 2.45) is 0 Å². The summed E-state index contributed by atoms with van der Waals surface area (Å²) < 4.78 is 4.65. The molecule has 2 aromatic rings. The van der Waals surface area contributed by atoms with Gasteiger partial charge in [-0.1, -0.05) is 6.07 Å². The van der Waals surface area contributed by atoms with E-state index in [2.05, 4.69) is 14.7 Å². The number of aromatic nitrogens is 2. The van der Waals surface area contributed by atoms with Gasteiger partial charge in [0.05, 0.1) is 5.52 Å². The summed E-state index contributed by atoms with van der Waals surface area (Å²) in [4.78, 5) is 18.0. The molecule has 0 saturated heterocycles. The quantitative estimate of drug-likeness (QED) is 0.681.